The first-order chi connectivity index (χ1) is 17.5. The highest BCUT2D eigenvalue weighted by atomic mass is 19.1. The van der Waals surface area contributed by atoms with Gasteiger partial charge in [0.25, 0.3) is 0 Å². The molecule has 0 bridgehead atoms. The van der Waals surface area contributed by atoms with Gasteiger partial charge in [-0.1, -0.05) is 6.07 Å². The fourth-order valence-electron chi connectivity index (χ4n) is 3.88. The van der Waals surface area contributed by atoms with Gasteiger partial charge in [0.15, 0.2) is 0 Å². The van der Waals surface area contributed by atoms with Gasteiger partial charge in [-0.15, -0.1) is 0 Å². The number of benzene rings is 2. The Bertz CT molecular complexity index is 1190. The summed E-state index contributed by atoms with van der Waals surface area (Å²) in [7, 11) is 4.03. The monoisotopic (exact) mass is 511 g/mol. The normalized spacial score (nSPS) is 17.3. The number of aliphatic carboxylic acids is 2. The van der Waals surface area contributed by atoms with Crippen molar-refractivity contribution in [1.29, 1.82) is 0 Å². The Balaban J connectivity index is 0.000000414. The van der Waals surface area contributed by atoms with Gasteiger partial charge in [-0.05, 0) is 75.8 Å². The van der Waals surface area contributed by atoms with Crippen LogP contribution in [0.5, 0.6) is 5.75 Å². The molecule has 2 aliphatic rings. The molecule has 1 aliphatic heterocycles. The third kappa shape index (κ3) is 7.47. The molecule has 1 amide bonds. The molecule has 0 fully saturated rings. The van der Waals surface area contributed by atoms with Crippen LogP contribution in [0.3, 0.4) is 0 Å². The van der Waals surface area contributed by atoms with Gasteiger partial charge in [0.2, 0.25) is 5.91 Å². The van der Waals surface area contributed by atoms with Gasteiger partial charge in [0.05, 0.1) is 11.4 Å². The minimum Gasteiger partial charge on any atom is -0.492 e. The molecule has 0 spiro atoms. The van der Waals surface area contributed by atoms with Crippen LogP contribution in [0.15, 0.2) is 59.7 Å². The molecule has 0 saturated heterocycles. The van der Waals surface area contributed by atoms with Crippen LogP contribution >= 0.6 is 0 Å². The number of aryl methyl sites for hydroxylation is 1. The van der Waals surface area contributed by atoms with E-state index in [1.807, 2.05) is 44.4 Å². The van der Waals surface area contributed by atoms with Crippen molar-refractivity contribution in [2.45, 2.75) is 32.2 Å². The van der Waals surface area contributed by atoms with Gasteiger partial charge in [0.1, 0.15) is 18.2 Å². The summed E-state index contributed by atoms with van der Waals surface area (Å²) in [6.07, 6.45) is 3.23. The van der Waals surface area contributed by atoms with Crippen molar-refractivity contribution in [3.05, 3.63) is 71.6 Å². The lowest BCUT2D eigenvalue weighted by atomic mass is 9.79. The summed E-state index contributed by atoms with van der Waals surface area (Å²) in [4.78, 5) is 33.9. The van der Waals surface area contributed by atoms with Crippen molar-refractivity contribution in [3.63, 3.8) is 0 Å². The van der Waals surface area contributed by atoms with E-state index in [-0.39, 0.29) is 17.6 Å². The first-order valence-electron chi connectivity index (χ1n) is 11.8. The first kappa shape index (κ1) is 27.5. The van der Waals surface area contributed by atoms with Crippen molar-refractivity contribution in [2.24, 2.45) is 11.0 Å². The maximum atomic E-state index is 13.8. The molecule has 0 aromatic heterocycles. The number of rotatable bonds is 7. The lowest BCUT2D eigenvalue weighted by molar-refractivity contribution is -0.134. The number of carboxylic acids is 2. The molecule has 196 valence electrons. The third-order valence-corrected chi connectivity index (χ3v) is 6.18. The lowest BCUT2D eigenvalue weighted by Gasteiger charge is -2.33. The fourth-order valence-corrected chi connectivity index (χ4v) is 3.88. The van der Waals surface area contributed by atoms with Crippen LogP contribution in [0.1, 0.15) is 30.9 Å². The predicted octanol–water partition coefficient (Wildman–Crippen LogP) is 3.57. The van der Waals surface area contributed by atoms with Crippen LogP contribution in [0.4, 0.5) is 10.1 Å². The SMILES string of the molecule is CC(COc1ccc(N2N=C3c4cc(F)ccc4CCC3CC2=O)cc1)N(C)C.O=C(O)/C=C/C(=O)O. The van der Waals surface area contributed by atoms with Crippen molar-refractivity contribution >= 4 is 29.2 Å². The maximum Gasteiger partial charge on any atom is 0.328 e. The Hall–Kier alpha value is -4.05. The number of amides is 1. The van der Waals surface area contributed by atoms with Crippen LogP contribution < -0.4 is 9.75 Å². The molecule has 1 heterocycles. The van der Waals surface area contributed by atoms with E-state index in [4.69, 9.17) is 14.9 Å². The van der Waals surface area contributed by atoms with Gasteiger partial charge in [-0.3, -0.25) is 4.79 Å². The quantitative estimate of drug-likeness (QED) is 0.546. The molecule has 37 heavy (non-hydrogen) atoms. The number of carboxylic acid groups (broad SMARTS) is 2. The van der Waals surface area contributed by atoms with E-state index in [1.165, 1.54) is 17.1 Å². The van der Waals surface area contributed by atoms with Gasteiger partial charge in [-0.25, -0.2) is 19.0 Å². The average molecular weight is 512 g/mol. The topological polar surface area (TPSA) is 120 Å². The molecule has 2 N–H and O–H groups in total. The second kappa shape index (κ2) is 12.3. The number of carbonyl (C=O) groups is 3. The Morgan fingerprint density at radius 1 is 1.16 bits per heavy atom. The van der Waals surface area contributed by atoms with E-state index in [2.05, 4.69) is 16.9 Å². The third-order valence-electron chi connectivity index (χ3n) is 6.18. The number of fused-ring (bicyclic) bond motifs is 3. The molecule has 2 aromatic rings. The van der Waals surface area contributed by atoms with Crippen LogP contribution in [0.2, 0.25) is 0 Å². The van der Waals surface area contributed by atoms with Crippen molar-refractivity contribution in [3.8, 4) is 5.75 Å². The molecule has 10 heteroatoms. The second-order valence-electron chi connectivity index (χ2n) is 9.06. The number of carbonyl (C=O) groups excluding carboxylic acids is 1. The Morgan fingerprint density at radius 3 is 2.41 bits per heavy atom. The Morgan fingerprint density at radius 2 is 1.81 bits per heavy atom. The molecule has 2 atom stereocenters. The molecule has 1 aliphatic carbocycles. The molecule has 2 aromatic carbocycles. The number of hydrogen-bond acceptors (Lipinski definition) is 6. The summed E-state index contributed by atoms with van der Waals surface area (Å²) in [5, 5.41) is 21.7. The molecular formula is C27H30FN3O6. The number of anilines is 1. The maximum absolute atomic E-state index is 13.8. The van der Waals surface area contributed by atoms with Crippen LogP contribution in [0, 0.1) is 11.7 Å². The fraction of sp³-hybridized carbons (Fsp3) is 0.333. The minimum absolute atomic E-state index is 0.0338. The van der Waals surface area contributed by atoms with E-state index >= 15 is 0 Å². The van der Waals surface area contributed by atoms with Crippen molar-refractivity contribution in [1.82, 2.24) is 4.90 Å². The average Bonchev–Trinajstić information content (AvgIpc) is 2.86. The summed E-state index contributed by atoms with van der Waals surface area (Å²) in [5.74, 6) is -2.01. The minimum atomic E-state index is -1.26. The van der Waals surface area contributed by atoms with Gasteiger partial charge >= 0.3 is 11.9 Å². The number of halogens is 1. The van der Waals surface area contributed by atoms with Gasteiger partial charge in [-0.2, -0.15) is 5.10 Å². The van der Waals surface area contributed by atoms with Gasteiger partial charge < -0.3 is 19.8 Å². The molecule has 0 saturated carbocycles. The number of ether oxygens (including phenoxy) is 1. The standard InChI is InChI=1S/C23H26FN3O2.C4H4O4/c1-15(26(2)3)14-29-20-10-8-19(9-11-20)27-22(28)12-17-5-4-16-6-7-18(24)13-21(16)23(17)25-27;5-3(6)1-2-4(7)8/h6-11,13,15,17H,4-5,12,14H2,1-3H3;1-2H,(H,5,6)(H,7,8)/b;2-1+. The predicted molar refractivity (Wildman–Crippen MR) is 136 cm³/mol. The molecule has 9 nitrogen and oxygen atoms in total. The number of likely N-dealkylation sites (N-methyl/N-ethyl adjacent to an activating group) is 1. The van der Waals surface area contributed by atoms with Crippen LogP contribution in [-0.2, 0) is 20.8 Å². The number of hydrogen-bond donors (Lipinski definition) is 2. The molecule has 0 radical (unpaired) electrons. The summed E-state index contributed by atoms with van der Waals surface area (Å²) in [6, 6.07) is 12.5. The Kier molecular flexibility index (Phi) is 9.13. The van der Waals surface area contributed by atoms with Crippen molar-refractivity contribution in [2.75, 3.05) is 25.7 Å². The lowest BCUT2D eigenvalue weighted by Crippen LogP contribution is -2.39. The highest BCUT2D eigenvalue weighted by Gasteiger charge is 2.34. The summed E-state index contributed by atoms with van der Waals surface area (Å²) in [6.45, 7) is 2.68. The summed E-state index contributed by atoms with van der Waals surface area (Å²) in [5.41, 5.74) is 3.42. The van der Waals surface area contributed by atoms with Gasteiger partial charge in [0, 0.05) is 36.1 Å². The van der Waals surface area contributed by atoms with Crippen LogP contribution in [0.25, 0.3) is 0 Å². The van der Waals surface area contributed by atoms with E-state index in [1.54, 1.807) is 0 Å². The highest BCUT2D eigenvalue weighted by molar-refractivity contribution is 6.11. The van der Waals surface area contributed by atoms with Crippen molar-refractivity contribution < 1.29 is 33.7 Å². The zero-order chi connectivity index (χ0) is 27.1. The van der Waals surface area contributed by atoms with E-state index < -0.39 is 11.9 Å². The largest absolute Gasteiger partial charge is 0.492 e. The number of hydrazone groups is 1. The first-order valence-corrected chi connectivity index (χ1v) is 11.8. The highest BCUT2D eigenvalue weighted by Crippen LogP contribution is 2.34. The number of nitrogens with zero attached hydrogens (tertiary/aromatic N) is 3. The zero-order valence-electron chi connectivity index (χ0n) is 20.9. The van der Waals surface area contributed by atoms with Crippen LogP contribution in [-0.4, -0.2) is 65.4 Å². The van der Waals surface area contributed by atoms with E-state index in [0.717, 1.165) is 35.4 Å². The zero-order valence-corrected chi connectivity index (χ0v) is 20.9. The second-order valence-corrected chi connectivity index (χ2v) is 9.06. The summed E-state index contributed by atoms with van der Waals surface area (Å²) < 4.78 is 19.6. The Labute approximate surface area is 214 Å². The van der Waals surface area contributed by atoms with E-state index in [0.29, 0.717) is 36.9 Å². The van der Waals surface area contributed by atoms with E-state index in [9.17, 15) is 18.8 Å². The molecule has 2 unspecified atom stereocenters. The summed E-state index contributed by atoms with van der Waals surface area (Å²) >= 11 is 0. The molecule has 4 rings (SSSR count). The molecular weight excluding hydrogens is 481 g/mol. The smallest absolute Gasteiger partial charge is 0.328 e.